The minimum Gasteiger partial charge on any atom is -0.497 e. The van der Waals surface area contributed by atoms with E-state index in [1.165, 1.54) is 0 Å². The fourth-order valence-corrected chi connectivity index (χ4v) is 3.96. The molecule has 3 aromatic carbocycles. The average Bonchev–Trinajstić information content (AvgIpc) is 3.36. The number of nitrogens with zero attached hydrogens (tertiary/aromatic N) is 1. The van der Waals surface area contributed by atoms with Gasteiger partial charge in [-0.05, 0) is 42.0 Å². The number of ether oxygens (including phenoxy) is 3. The molecule has 7 nitrogen and oxygen atoms in total. The second kappa shape index (κ2) is 10.7. The van der Waals surface area contributed by atoms with E-state index >= 15 is 0 Å². The van der Waals surface area contributed by atoms with Crippen molar-refractivity contribution in [2.45, 2.75) is 18.6 Å². The summed E-state index contributed by atoms with van der Waals surface area (Å²) in [6.45, 7) is 0.993. The number of nitrogens with one attached hydrogen (secondary N) is 1. The molecule has 0 spiro atoms. The molecule has 1 saturated heterocycles. The quantitative estimate of drug-likeness (QED) is 0.553. The molecule has 176 valence electrons. The SMILES string of the molecule is COc1ccc(C(=O)N[C@@H](C(=O)N2CCC(Oc3cccc(OC)c3)C2)c2ccccc2)cc1. The van der Waals surface area contributed by atoms with Crippen molar-refractivity contribution in [2.24, 2.45) is 0 Å². The number of hydrogen-bond acceptors (Lipinski definition) is 5. The standard InChI is InChI=1S/C27H28N2O5/c1-32-21-13-11-20(12-14-21)26(30)28-25(19-7-4-3-5-8-19)27(31)29-16-15-24(18-29)34-23-10-6-9-22(17-23)33-2/h3-14,17,24-25H,15-16,18H2,1-2H3,(H,28,30)/t24?,25-/m1/s1. The predicted molar refractivity (Wildman–Crippen MR) is 128 cm³/mol. The lowest BCUT2D eigenvalue weighted by molar-refractivity contribution is -0.132. The van der Waals surface area contributed by atoms with Crippen LogP contribution < -0.4 is 19.5 Å². The zero-order valence-electron chi connectivity index (χ0n) is 19.3. The van der Waals surface area contributed by atoms with Crippen LogP contribution in [-0.2, 0) is 4.79 Å². The highest BCUT2D eigenvalue weighted by Crippen LogP contribution is 2.25. The number of methoxy groups -OCH3 is 2. The van der Waals surface area contributed by atoms with Gasteiger partial charge in [0.25, 0.3) is 5.91 Å². The normalized spacial score (nSPS) is 15.9. The summed E-state index contributed by atoms with van der Waals surface area (Å²) in [4.78, 5) is 28.2. The number of benzene rings is 3. The molecule has 0 aromatic heterocycles. The Morgan fingerprint density at radius 2 is 1.59 bits per heavy atom. The smallest absolute Gasteiger partial charge is 0.252 e. The monoisotopic (exact) mass is 460 g/mol. The molecule has 1 N–H and O–H groups in total. The van der Waals surface area contributed by atoms with E-state index in [4.69, 9.17) is 14.2 Å². The van der Waals surface area contributed by atoms with E-state index in [2.05, 4.69) is 5.32 Å². The Bertz CT molecular complexity index is 1120. The summed E-state index contributed by atoms with van der Waals surface area (Å²) in [5.41, 5.74) is 1.18. The Morgan fingerprint density at radius 1 is 0.882 bits per heavy atom. The molecule has 1 aliphatic heterocycles. The molecule has 1 heterocycles. The van der Waals surface area contributed by atoms with Gasteiger partial charge in [0.1, 0.15) is 29.4 Å². The Balaban J connectivity index is 1.46. The third-order valence-electron chi connectivity index (χ3n) is 5.81. The van der Waals surface area contributed by atoms with Crippen LogP contribution in [0.15, 0.2) is 78.9 Å². The molecular weight excluding hydrogens is 432 g/mol. The molecule has 1 unspecified atom stereocenters. The molecule has 3 aromatic rings. The molecular formula is C27H28N2O5. The second-order valence-electron chi connectivity index (χ2n) is 8.04. The highest BCUT2D eigenvalue weighted by molar-refractivity contribution is 5.98. The lowest BCUT2D eigenvalue weighted by Crippen LogP contribution is -2.42. The first-order valence-electron chi connectivity index (χ1n) is 11.2. The van der Waals surface area contributed by atoms with Gasteiger partial charge in [0.05, 0.1) is 20.8 Å². The summed E-state index contributed by atoms with van der Waals surface area (Å²) in [5.74, 6) is 1.59. The molecule has 0 saturated carbocycles. The first kappa shape index (κ1) is 23.2. The number of carbonyl (C=O) groups excluding carboxylic acids is 2. The van der Waals surface area contributed by atoms with Crippen LogP contribution in [0.3, 0.4) is 0 Å². The molecule has 2 amide bonds. The summed E-state index contributed by atoms with van der Waals surface area (Å²) in [7, 11) is 3.18. The maximum absolute atomic E-state index is 13.5. The van der Waals surface area contributed by atoms with Crippen molar-refractivity contribution < 1.29 is 23.8 Å². The Morgan fingerprint density at radius 3 is 2.29 bits per heavy atom. The summed E-state index contributed by atoms with van der Waals surface area (Å²) < 4.78 is 16.5. The predicted octanol–water partition coefficient (Wildman–Crippen LogP) is 3.85. The van der Waals surface area contributed by atoms with Gasteiger partial charge in [-0.3, -0.25) is 9.59 Å². The van der Waals surface area contributed by atoms with E-state index in [9.17, 15) is 9.59 Å². The lowest BCUT2D eigenvalue weighted by atomic mass is 10.0. The molecule has 1 fully saturated rings. The minimum absolute atomic E-state index is 0.134. The summed E-state index contributed by atoms with van der Waals surface area (Å²) >= 11 is 0. The van der Waals surface area contributed by atoms with Crippen molar-refractivity contribution in [3.05, 3.63) is 90.0 Å². The number of carbonyl (C=O) groups is 2. The van der Waals surface area contributed by atoms with E-state index in [-0.39, 0.29) is 17.9 Å². The molecule has 0 aliphatic carbocycles. The Kier molecular flexibility index (Phi) is 7.32. The van der Waals surface area contributed by atoms with Crippen LogP contribution in [0.4, 0.5) is 0 Å². The molecule has 7 heteroatoms. The third kappa shape index (κ3) is 5.49. The van der Waals surface area contributed by atoms with Crippen LogP contribution in [0, 0.1) is 0 Å². The van der Waals surface area contributed by atoms with E-state index in [1.54, 1.807) is 43.4 Å². The third-order valence-corrected chi connectivity index (χ3v) is 5.81. The zero-order valence-corrected chi connectivity index (χ0v) is 19.3. The van der Waals surface area contributed by atoms with Crippen LogP contribution in [0.2, 0.25) is 0 Å². The van der Waals surface area contributed by atoms with Crippen LogP contribution in [-0.4, -0.2) is 50.1 Å². The van der Waals surface area contributed by atoms with Crippen molar-refractivity contribution in [3.8, 4) is 17.2 Å². The van der Waals surface area contributed by atoms with Gasteiger partial charge in [-0.2, -0.15) is 0 Å². The number of rotatable bonds is 8. The van der Waals surface area contributed by atoms with Crippen LogP contribution >= 0.6 is 0 Å². The maximum Gasteiger partial charge on any atom is 0.252 e. The van der Waals surface area contributed by atoms with Crippen molar-refractivity contribution in [1.29, 1.82) is 0 Å². The van der Waals surface area contributed by atoms with E-state index in [0.717, 1.165) is 5.56 Å². The fraction of sp³-hybridized carbons (Fsp3) is 0.259. The van der Waals surface area contributed by atoms with Crippen LogP contribution in [0.5, 0.6) is 17.2 Å². The van der Waals surface area contributed by atoms with Gasteiger partial charge in [0, 0.05) is 24.6 Å². The second-order valence-corrected chi connectivity index (χ2v) is 8.04. The summed E-state index contributed by atoms with van der Waals surface area (Å²) in [6, 6.07) is 22.7. The van der Waals surface area contributed by atoms with Crippen molar-refractivity contribution in [1.82, 2.24) is 10.2 Å². The lowest BCUT2D eigenvalue weighted by Gasteiger charge is -2.25. The van der Waals surface area contributed by atoms with Gasteiger partial charge >= 0.3 is 0 Å². The van der Waals surface area contributed by atoms with Gasteiger partial charge in [0.15, 0.2) is 0 Å². The zero-order chi connectivity index (χ0) is 23.9. The fourth-order valence-electron chi connectivity index (χ4n) is 3.96. The van der Waals surface area contributed by atoms with Crippen molar-refractivity contribution in [2.75, 3.05) is 27.3 Å². The van der Waals surface area contributed by atoms with Gasteiger partial charge < -0.3 is 24.4 Å². The summed E-state index contributed by atoms with van der Waals surface area (Å²) in [6.07, 6.45) is 0.571. The van der Waals surface area contributed by atoms with Crippen LogP contribution in [0.25, 0.3) is 0 Å². The number of likely N-dealkylation sites (tertiary alicyclic amines) is 1. The number of amides is 2. The molecule has 34 heavy (non-hydrogen) atoms. The van der Waals surface area contributed by atoms with Gasteiger partial charge in [-0.15, -0.1) is 0 Å². The van der Waals surface area contributed by atoms with Gasteiger partial charge in [0.2, 0.25) is 5.91 Å². The van der Waals surface area contributed by atoms with Crippen molar-refractivity contribution in [3.63, 3.8) is 0 Å². The Hall–Kier alpha value is -4.00. The van der Waals surface area contributed by atoms with E-state index < -0.39 is 6.04 Å². The minimum atomic E-state index is -0.800. The van der Waals surface area contributed by atoms with E-state index in [0.29, 0.717) is 42.3 Å². The van der Waals surface area contributed by atoms with Crippen molar-refractivity contribution >= 4 is 11.8 Å². The highest BCUT2D eigenvalue weighted by atomic mass is 16.5. The summed E-state index contributed by atoms with van der Waals surface area (Å²) in [5, 5.41) is 2.92. The average molecular weight is 461 g/mol. The van der Waals surface area contributed by atoms with E-state index in [1.807, 2.05) is 54.6 Å². The molecule has 4 rings (SSSR count). The molecule has 0 radical (unpaired) electrons. The number of hydrogen-bond donors (Lipinski definition) is 1. The Labute approximate surface area is 199 Å². The topological polar surface area (TPSA) is 77.1 Å². The van der Waals surface area contributed by atoms with Crippen LogP contribution in [0.1, 0.15) is 28.4 Å². The molecule has 0 bridgehead atoms. The van der Waals surface area contributed by atoms with Gasteiger partial charge in [-0.1, -0.05) is 36.4 Å². The highest BCUT2D eigenvalue weighted by Gasteiger charge is 2.33. The molecule has 1 aliphatic rings. The largest absolute Gasteiger partial charge is 0.497 e. The maximum atomic E-state index is 13.5. The first-order chi connectivity index (χ1) is 16.6. The molecule has 2 atom stereocenters. The van der Waals surface area contributed by atoms with Gasteiger partial charge in [-0.25, -0.2) is 0 Å². The first-order valence-corrected chi connectivity index (χ1v) is 11.2.